The molecule has 0 N–H and O–H groups in total. The maximum absolute atomic E-state index is 2.30. The van der Waals surface area contributed by atoms with Crippen LogP contribution in [-0.2, 0) is 0 Å². The van der Waals surface area contributed by atoms with Crippen LogP contribution in [0.15, 0.2) is 0 Å². The van der Waals surface area contributed by atoms with E-state index in [1.807, 2.05) is 18.6 Å². The van der Waals surface area contributed by atoms with Crippen molar-refractivity contribution in [3.63, 3.8) is 0 Å². The first-order valence-corrected chi connectivity index (χ1v) is 4.56. The van der Waals surface area contributed by atoms with Crippen LogP contribution >= 0.6 is 0 Å². The van der Waals surface area contributed by atoms with E-state index >= 15 is 0 Å². The second-order valence-electron chi connectivity index (χ2n) is 3.54. The van der Waals surface area contributed by atoms with Gasteiger partial charge in [-0.05, 0) is 0 Å². The molecule has 0 aliphatic rings. The summed E-state index contributed by atoms with van der Waals surface area (Å²) in [5.41, 5.74) is 0. The zero-order valence-corrected chi connectivity index (χ0v) is 9.36. The van der Waals surface area contributed by atoms with Crippen LogP contribution in [0, 0.1) is 0 Å². The van der Waals surface area contributed by atoms with E-state index in [1.165, 1.54) is 13.0 Å². The Labute approximate surface area is 68.7 Å². The number of rotatable bonds is 3. The Balaban J connectivity index is 3.28. The third-order valence-corrected chi connectivity index (χ3v) is 1.81. The van der Waals surface area contributed by atoms with Crippen LogP contribution in [0.3, 0.4) is 0 Å². The van der Waals surface area contributed by atoms with Gasteiger partial charge in [0, 0.05) is 0 Å². The molecule has 0 fully saturated rings. The molecule has 0 unspecified atom stereocenters. The Kier molecular flexibility index (Phi) is 3.93. The van der Waals surface area contributed by atoms with Gasteiger partial charge >= 0.3 is 68.4 Å². The van der Waals surface area contributed by atoms with Crippen molar-refractivity contribution in [3.05, 3.63) is 0 Å². The molecule has 52 valence electrons. The van der Waals surface area contributed by atoms with Crippen molar-refractivity contribution in [1.29, 1.82) is 0 Å². The van der Waals surface area contributed by atoms with E-state index < -0.39 is 0 Å². The van der Waals surface area contributed by atoms with Gasteiger partial charge in [0.05, 0.1) is 0 Å². The zero-order valence-electron chi connectivity index (χ0n) is 6.94. The van der Waals surface area contributed by atoms with Gasteiger partial charge in [0.25, 0.3) is 0 Å². The van der Waals surface area contributed by atoms with Crippen LogP contribution in [-0.4, -0.2) is 44.1 Å². The van der Waals surface area contributed by atoms with E-state index in [9.17, 15) is 0 Å². The molecular formula is C7H16GaN. The first kappa shape index (κ1) is 9.60. The molecule has 0 spiro atoms. The van der Waals surface area contributed by atoms with Crippen LogP contribution in [0.4, 0.5) is 0 Å². The fraction of sp³-hybridized carbons (Fsp3) is 1.00. The number of hydrogen-bond donors (Lipinski definition) is 0. The van der Waals surface area contributed by atoms with Crippen LogP contribution in [0.1, 0.15) is 20.3 Å². The standard InChI is InChI=1S/C7H16N.Ga/c1-7(2)5-6-8(3)4;/h5-6H2,1-4H3;. The molecule has 0 heterocycles. The second-order valence-corrected chi connectivity index (χ2v) is 6.82. The van der Waals surface area contributed by atoms with Crippen molar-refractivity contribution < 1.29 is 0 Å². The quantitative estimate of drug-likeness (QED) is 0.597. The van der Waals surface area contributed by atoms with Crippen LogP contribution < -0.4 is 0 Å². The predicted molar refractivity (Wildman–Crippen MR) is 43.0 cm³/mol. The molecule has 0 atom stereocenters. The summed E-state index contributed by atoms with van der Waals surface area (Å²) in [6.07, 6.45) is 1.31. The van der Waals surface area contributed by atoms with Crippen LogP contribution in [0.25, 0.3) is 0 Å². The fourth-order valence-electron chi connectivity index (χ4n) is 0.512. The Bertz CT molecular complexity index is 73.5. The molecule has 0 aromatic heterocycles. The molecule has 0 saturated heterocycles. The minimum atomic E-state index is 0.553. The normalized spacial score (nSPS) is 12.6. The topological polar surface area (TPSA) is 3.24 Å². The third kappa shape index (κ3) is 8.60. The monoisotopic (exact) mass is 183 g/mol. The fourth-order valence-corrected chi connectivity index (χ4v) is 0.783. The molecule has 1 nitrogen and oxygen atoms in total. The summed E-state index contributed by atoms with van der Waals surface area (Å²) in [6.45, 7) is 5.82. The van der Waals surface area contributed by atoms with Gasteiger partial charge in [-0.3, -0.25) is 0 Å². The minimum absolute atomic E-state index is 0.553. The van der Waals surface area contributed by atoms with Gasteiger partial charge in [-0.2, -0.15) is 0 Å². The van der Waals surface area contributed by atoms with E-state index in [1.54, 1.807) is 0 Å². The Morgan fingerprint density at radius 3 is 1.89 bits per heavy atom. The van der Waals surface area contributed by atoms with Crippen LogP contribution in [0.5, 0.6) is 0 Å². The maximum atomic E-state index is 2.30. The summed E-state index contributed by atoms with van der Waals surface area (Å²) < 4.78 is 0.553. The Morgan fingerprint density at radius 2 is 1.78 bits per heavy atom. The van der Waals surface area contributed by atoms with Gasteiger partial charge in [-0.1, -0.05) is 0 Å². The van der Waals surface area contributed by atoms with Crippen molar-refractivity contribution in [2.45, 2.75) is 24.2 Å². The van der Waals surface area contributed by atoms with Gasteiger partial charge in [-0.15, -0.1) is 0 Å². The third-order valence-electron chi connectivity index (χ3n) is 1.20. The van der Waals surface area contributed by atoms with Crippen LogP contribution in [0.2, 0.25) is 3.97 Å². The van der Waals surface area contributed by atoms with Gasteiger partial charge in [0.15, 0.2) is 0 Å². The Morgan fingerprint density at radius 1 is 1.33 bits per heavy atom. The molecule has 0 aliphatic heterocycles. The predicted octanol–water partition coefficient (Wildman–Crippen LogP) is 1.31. The summed E-state index contributed by atoms with van der Waals surface area (Å²) in [4.78, 5) is 2.24. The SMILES string of the molecule is CN(C)CC[C](C)(C)[Ga]. The summed E-state index contributed by atoms with van der Waals surface area (Å²) in [5.74, 6) is 0. The molecule has 2 heteroatoms. The molecular weight excluding hydrogens is 168 g/mol. The van der Waals surface area contributed by atoms with E-state index in [0.717, 1.165) is 0 Å². The molecule has 0 aromatic carbocycles. The van der Waals surface area contributed by atoms with E-state index in [4.69, 9.17) is 0 Å². The second kappa shape index (κ2) is 3.69. The molecule has 0 bridgehead atoms. The van der Waals surface area contributed by atoms with Crippen molar-refractivity contribution >= 4 is 18.6 Å². The molecule has 9 heavy (non-hydrogen) atoms. The first-order valence-electron chi connectivity index (χ1n) is 3.35. The molecule has 0 aliphatic carbocycles. The van der Waals surface area contributed by atoms with Crippen molar-refractivity contribution in [2.24, 2.45) is 0 Å². The molecule has 2 radical (unpaired) electrons. The molecule has 0 aromatic rings. The van der Waals surface area contributed by atoms with Gasteiger partial charge < -0.3 is 0 Å². The summed E-state index contributed by atoms with van der Waals surface area (Å²) in [7, 11) is 4.25. The molecule has 0 saturated carbocycles. The summed E-state index contributed by atoms with van der Waals surface area (Å²) in [6, 6.07) is 0. The van der Waals surface area contributed by atoms with Gasteiger partial charge in [0.2, 0.25) is 0 Å². The van der Waals surface area contributed by atoms with Crippen molar-refractivity contribution in [3.8, 4) is 0 Å². The van der Waals surface area contributed by atoms with Gasteiger partial charge in [0.1, 0.15) is 0 Å². The molecule has 0 amide bonds. The van der Waals surface area contributed by atoms with Gasteiger partial charge in [-0.25, -0.2) is 0 Å². The first-order chi connectivity index (χ1) is 3.92. The number of nitrogens with zero attached hydrogens (tertiary/aromatic N) is 1. The number of hydrogen-bond acceptors (Lipinski definition) is 1. The van der Waals surface area contributed by atoms with E-state index in [-0.39, 0.29) is 0 Å². The van der Waals surface area contributed by atoms with E-state index in [0.29, 0.717) is 3.97 Å². The summed E-state index contributed by atoms with van der Waals surface area (Å²) >= 11 is 1.84. The van der Waals surface area contributed by atoms with Crippen molar-refractivity contribution in [1.82, 2.24) is 4.90 Å². The zero-order chi connectivity index (χ0) is 7.49. The average molecular weight is 184 g/mol. The van der Waals surface area contributed by atoms with Crippen molar-refractivity contribution in [2.75, 3.05) is 20.6 Å². The summed E-state index contributed by atoms with van der Waals surface area (Å²) in [5, 5.41) is 0. The van der Waals surface area contributed by atoms with E-state index in [2.05, 4.69) is 32.8 Å². The Hall–Kier alpha value is 0.596. The molecule has 0 rings (SSSR count). The average Bonchev–Trinajstić information content (AvgIpc) is 1.59.